The second kappa shape index (κ2) is 16.7. The fourth-order valence-corrected chi connectivity index (χ4v) is 8.04. The largest absolute Gasteiger partial charge is 0.391 e. The summed E-state index contributed by atoms with van der Waals surface area (Å²) in [7, 11) is 3.72. The molecule has 272 valence electrons. The van der Waals surface area contributed by atoms with Crippen molar-refractivity contribution < 1.29 is 9.18 Å². The third-order valence-corrected chi connectivity index (χ3v) is 11.2. The minimum Gasteiger partial charge on any atom is -0.391 e. The molecule has 1 aliphatic heterocycles. The smallest absolute Gasteiger partial charge is 0.132 e. The van der Waals surface area contributed by atoms with Crippen molar-refractivity contribution in [2.24, 2.45) is 0 Å². The number of carbonyl (C=O) groups is 1. The molecular formula is C43H52FN7O. The monoisotopic (exact) mass is 701 g/mol. The molecular weight excluding hydrogens is 650 g/mol. The van der Waals surface area contributed by atoms with Crippen LogP contribution in [0.4, 0.5) is 15.9 Å². The summed E-state index contributed by atoms with van der Waals surface area (Å²) in [5.41, 5.74) is 16.0. The lowest BCUT2D eigenvalue weighted by molar-refractivity contribution is -0.108. The molecule has 5 N–H and O–H groups in total. The number of anilines is 2. The van der Waals surface area contributed by atoms with Crippen molar-refractivity contribution in [3.05, 3.63) is 124 Å². The van der Waals surface area contributed by atoms with E-state index in [1.54, 1.807) is 19.3 Å². The van der Waals surface area contributed by atoms with Crippen LogP contribution in [-0.2, 0) is 11.3 Å². The fraction of sp³-hybridized carbons (Fsp3) is 0.372. The number of pyridine rings is 1. The lowest BCUT2D eigenvalue weighted by Crippen LogP contribution is -2.49. The van der Waals surface area contributed by atoms with E-state index in [1.807, 2.05) is 31.3 Å². The molecule has 3 unspecified atom stereocenters. The van der Waals surface area contributed by atoms with E-state index < -0.39 is 0 Å². The Morgan fingerprint density at radius 3 is 2.48 bits per heavy atom. The summed E-state index contributed by atoms with van der Waals surface area (Å²) in [6.45, 7) is 10.8. The highest BCUT2D eigenvalue weighted by atomic mass is 19.1. The second-order valence-electron chi connectivity index (χ2n) is 14.3. The van der Waals surface area contributed by atoms with E-state index in [1.165, 1.54) is 11.3 Å². The average Bonchev–Trinajstić information content (AvgIpc) is 3.67. The second-order valence-corrected chi connectivity index (χ2v) is 14.3. The number of hydrogen-bond acceptors (Lipinski definition) is 8. The van der Waals surface area contributed by atoms with Crippen molar-refractivity contribution in [2.75, 3.05) is 50.9 Å². The van der Waals surface area contributed by atoms with Gasteiger partial charge in [0.2, 0.25) is 0 Å². The molecule has 2 heterocycles. The van der Waals surface area contributed by atoms with Crippen LogP contribution in [0.15, 0.2) is 85.2 Å². The van der Waals surface area contributed by atoms with E-state index in [2.05, 4.69) is 75.3 Å². The number of aldehydes is 1. The van der Waals surface area contributed by atoms with Gasteiger partial charge in [0, 0.05) is 92.4 Å². The van der Waals surface area contributed by atoms with Crippen LogP contribution in [0, 0.1) is 18.2 Å². The Morgan fingerprint density at radius 1 is 1.04 bits per heavy atom. The summed E-state index contributed by atoms with van der Waals surface area (Å²) >= 11 is 0. The molecule has 0 bridgehead atoms. The molecule has 6 rings (SSSR count). The predicted molar refractivity (Wildman–Crippen MR) is 211 cm³/mol. The Balaban J connectivity index is 1.05. The maximum Gasteiger partial charge on any atom is 0.132 e. The molecule has 0 radical (unpaired) electrons. The van der Waals surface area contributed by atoms with Crippen LogP contribution in [-0.4, -0.2) is 68.2 Å². The molecule has 2 fully saturated rings. The zero-order chi connectivity index (χ0) is 36.8. The molecule has 3 atom stereocenters. The van der Waals surface area contributed by atoms with Crippen LogP contribution >= 0.6 is 0 Å². The van der Waals surface area contributed by atoms with Gasteiger partial charge >= 0.3 is 0 Å². The molecule has 52 heavy (non-hydrogen) atoms. The van der Waals surface area contributed by atoms with Gasteiger partial charge in [0.15, 0.2) is 0 Å². The standard InChI is InChI=1S/C43H52FN7O/c1-28-22-33(7-8-34(28)26-47-3)42(45)40-24-35(27-49-43(40)46)30-9-13-36(14-10-30)50-17-19-51(20-18-50)37-15-11-31(23-37)32-12-16-39(41(44)25-32)38(6-5-21-52)29(2)48-4/h7-10,12-14,16,21-22,24-25,27,31,37-38,45,47-48H,2,5-6,11,15,17-20,23,26H2,1,3-4H3,(H2,46,49). The number of nitrogens with one attached hydrogen (secondary N) is 3. The third-order valence-electron chi connectivity index (χ3n) is 11.2. The van der Waals surface area contributed by atoms with Crippen molar-refractivity contribution >= 4 is 23.5 Å². The molecule has 4 aromatic rings. The van der Waals surface area contributed by atoms with Crippen LogP contribution in [0.5, 0.6) is 0 Å². The summed E-state index contributed by atoms with van der Waals surface area (Å²) < 4.78 is 15.4. The van der Waals surface area contributed by atoms with Gasteiger partial charge in [0.05, 0.1) is 5.71 Å². The number of benzene rings is 3. The SMILES string of the molecule is C=C(NC)C(CCC=O)c1ccc(C2CCC(N3CCN(c4ccc(-c5cnc(N)c(C(=N)c6ccc(CNC)c(C)c6)c5)cc4)CC3)C2)cc1F. The Morgan fingerprint density at radius 2 is 1.81 bits per heavy atom. The number of piperazine rings is 1. The quantitative estimate of drug-likeness (QED) is 0.0816. The minimum absolute atomic E-state index is 0.207. The lowest BCUT2D eigenvalue weighted by atomic mass is 9.88. The topological polar surface area (TPSA) is 110 Å². The first-order valence-corrected chi connectivity index (χ1v) is 18.5. The summed E-state index contributed by atoms with van der Waals surface area (Å²) in [5.74, 6) is 0.269. The highest BCUT2D eigenvalue weighted by Crippen LogP contribution is 2.39. The highest BCUT2D eigenvalue weighted by molar-refractivity contribution is 6.14. The molecule has 0 spiro atoms. The first-order chi connectivity index (χ1) is 25.2. The number of allylic oxidation sites excluding steroid dienone is 1. The lowest BCUT2D eigenvalue weighted by Gasteiger charge is -2.39. The maximum absolute atomic E-state index is 15.4. The number of halogens is 1. The third kappa shape index (κ3) is 8.11. The number of hydrogen-bond donors (Lipinski definition) is 4. The molecule has 1 saturated carbocycles. The normalized spacial score (nSPS) is 18.3. The summed E-state index contributed by atoms with van der Waals surface area (Å²) in [5, 5.41) is 15.2. The molecule has 2 aliphatic rings. The molecule has 1 saturated heterocycles. The van der Waals surface area contributed by atoms with E-state index in [0.29, 0.717) is 47.5 Å². The van der Waals surface area contributed by atoms with Crippen molar-refractivity contribution in [1.29, 1.82) is 5.41 Å². The Labute approximate surface area is 307 Å². The molecule has 1 aliphatic carbocycles. The molecule has 9 heteroatoms. The number of rotatable bonds is 14. The van der Waals surface area contributed by atoms with Crippen LogP contribution in [0.3, 0.4) is 0 Å². The van der Waals surface area contributed by atoms with Crippen LogP contribution in [0.1, 0.15) is 77.3 Å². The molecule has 0 amide bonds. The highest BCUT2D eigenvalue weighted by Gasteiger charge is 2.32. The van der Waals surface area contributed by atoms with Crippen LogP contribution in [0.2, 0.25) is 0 Å². The van der Waals surface area contributed by atoms with Crippen molar-refractivity contribution in [2.45, 2.75) is 63.5 Å². The summed E-state index contributed by atoms with van der Waals surface area (Å²) in [6, 6.07) is 22.9. The maximum atomic E-state index is 15.4. The predicted octanol–water partition coefficient (Wildman–Crippen LogP) is 7.17. The number of aryl methyl sites for hydroxylation is 1. The number of carbonyl (C=O) groups excluding carboxylic acids is 1. The minimum atomic E-state index is -0.224. The number of nitrogen functional groups attached to an aromatic ring is 1. The summed E-state index contributed by atoms with van der Waals surface area (Å²) in [4.78, 5) is 20.5. The van der Waals surface area contributed by atoms with E-state index in [-0.39, 0.29) is 11.7 Å². The van der Waals surface area contributed by atoms with Crippen molar-refractivity contribution in [1.82, 2.24) is 20.5 Å². The van der Waals surface area contributed by atoms with Crippen LogP contribution in [0.25, 0.3) is 11.1 Å². The van der Waals surface area contributed by atoms with Gasteiger partial charge in [-0.05, 0) is 104 Å². The Hall–Kier alpha value is -4.86. The molecule has 3 aromatic carbocycles. The first-order valence-electron chi connectivity index (χ1n) is 18.5. The zero-order valence-corrected chi connectivity index (χ0v) is 30.7. The van der Waals surface area contributed by atoms with E-state index in [0.717, 1.165) is 91.8 Å². The van der Waals surface area contributed by atoms with Gasteiger partial charge in [-0.2, -0.15) is 0 Å². The fourth-order valence-electron chi connectivity index (χ4n) is 8.04. The number of nitrogens with zero attached hydrogens (tertiary/aromatic N) is 3. The van der Waals surface area contributed by atoms with E-state index >= 15 is 4.39 Å². The number of likely N-dealkylation sites (N-methyl/N-ethyl adjacent to an activating group) is 1. The Kier molecular flexibility index (Phi) is 11.8. The van der Waals surface area contributed by atoms with Gasteiger partial charge in [0.1, 0.15) is 17.9 Å². The van der Waals surface area contributed by atoms with E-state index in [4.69, 9.17) is 11.1 Å². The van der Waals surface area contributed by atoms with Gasteiger partial charge in [-0.3, -0.25) is 10.3 Å². The molecule has 1 aromatic heterocycles. The number of aromatic nitrogens is 1. The van der Waals surface area contributed by atoms with Gasteiger partial charge in [-0.1, -0.05) is 43.0 Å². The van der Waals surface area contributed by atoms with Crippen molar-refractivity contribution in [3.8, 4) is 11.1 Å². The zero-order valence-electron chi connectivity index (χ0n) is 30.7. The first kappa shape index (κ1) is 36.9. The van der Waals surface area contributed by atoms with E-state index in [9.17, 15) is 4.79 Å². The van der Waals surface area contributed by atoms with Crippen molar-refractivity contribution in [3.63, 3.8) is 0 Å². The van der Waals surface area contributed by atoms with Gasteiger partial charge in [-0.15, -0.1) is 0 Å². The molecule has 8 nitrogen and oxygen atoms in total. The van der Waals surface area contributed by atoms with Gasteiger partial charge < -0.3 is 26.1 Å². The average molecular weight is 702 g/mol. The Bertz CT molecular complexity index is 1900. The summed E-state index contributed by atoms with van der Waals surface area (Å²) in [6.07, 6.45) is 6.81. The number of nitrogens with two attached hydrogens (primary N) is 1. The van der Waals surface area contributed by atoms with Gasteiger partial charge in [-0.25, -0.2) is 9.37 Å². The van der Waals surface area contributed by atoms with Crippen LogP contribution < -0.4 is 21.3 Å². The van der Waals surface area contributed by atoms with Gasteiger partial charge in [0.25, 0.3) is 0 Å².